The summed E-state index contributed by atoms with van der Waals surface area (Å²) in [6.45, 7) is 9.19. The van der Waals surface area contributed by atoms with Crippen molar-refractivity contribution in [2.75, 3.05) is 6.54 Å². The predicted octanol–water partition coefficient (Wildman–Crippen LogP) is 3.39. The number of nitrogens with zero attached hydrogens (tertiary/aromatic N) is 2. The van der Waals surface area contributed by atoms with Gasteiger partial charge >= 0.3 is 0 Å². The van der Waals surface area contributed by atoms with Gasteiger partial charge in [0.1, 0.15) is 5.82 Å². The van der Waals surface area contributed by atoms with Gasteiger partial charge in [-0.25, -0.2) is 4.98 Å². The van der Waals surface area contributed by atoms with E-state index >= 15 is 0 Å². The maximum absolute atomic E-state index is 4.36. The van der Waals surface area contributed by atoms with E-state index in [-0.39, 0.29) is 0 Å². The highest BCUT2D eigenvalue weighted by molar-refractivity contribution is 4.91. The van der Waals surface area contributed by atoms with Gasteiger partial charge in [0.05, 0.1) is 0 Å². The van der Waals surface area contributed by atoms with Gasteiger partial charge in [0.15, 0.2) is 0 Å². The molecule has 1 saturated carbocycles. The highest BCUT2D eigenvalue weighted by Crippen LogP contribution is 2.34. The Morgan fingerprint density at radius 3 is 3.05 bits per heavy atom. The van der Waals surface area contributed by atoms with Crippen molar-refractivity contribution in [1.82, 2.24) is 14.9 Å². The van der Waals surface area contributed by atoms with Crippen LogP contribution in [0.2, 0.25) is 0 Å². The molecule has 1 heterocycles. The van der Waals surface area contributed by atoms with Gasteiger partial charge in [-0.2, -0.15) is 0 Å². The lowest BCUT2D eigenvalue weighted by atomic mass is 9.75. The van der Waals surface area contributed by atoms with Crippen molar-refractivity contribution in [3.05, 3.63) is 18.2 Å². The molecular weight excluding hydrogens is 234 g/mol. The molecule has 1 aliphatic rings. The van der Waals surface area contributed by atoms with Crippen LogP contribution in [0.25, 0.3) is 0 Å². The Morgan fingerprint density at radius 1 is 1.47 bits per heavy atom. The molecule has 0 bridgehead atoms. The second-order valence-electron chi connectivity index (χ2n) is 6.66. The Kier molecular flexibility index (Phi) is 5.03. The summed E-state index contributed by atoms with van der Waals surface area (Å²) >= 11 is 0. The van der Waals surface area contributed by atoms with Gasteiger partial charge in [0.25, 0.3) is 0 Å². The van der Waals surface area contributed by atoms with Gasteiger partial charge in [-0.15, -0.1) is 0 Å². The zero-order valence-corrected chi connectivity index (χ0v) is 12.8. The van der Waals surface area contributed by atoms with Crippen molar-refractivity contribution < 1.29 is 0 Å². The quantitative estimate of drug-likeness (QED) is 0.797. The molecule has 0 aliphatic heterocycles. The smallest absolute Gasteiger partial charge is 0.108 e. The molecule has 1 N–H and O–H groups in total. The topological polar surface area (TPSA) is 29.9 Å². The van der Waals surface area contributed by atoms with E-state index in [1.165, 1.54) is 37.9 Å². The van der Waals surface area contributed by atoms with Crippen molar-refractivity contribution in [3.63, 3.8) is 0 Å². The lowest BCUT2D eigenvalue weighted by Gasteiger charge is -2.35. The van der Waals surface area contributed by atoms with Crippen molar-refractivity contribution in [2.24, 2.45) is 5.41 Å². The van der Waals surface area contributed by atoms with Crippen LogP contribution in [-0.4, -0.2) is 22.1 Å². The maximum Gasteiger partial charge on any atom is 0.108 e. The van der Waals surface area contributed by atoms with Crippen molar-refractivity contribution >= 4 is 0 Å². The zero-order valence-electron chi connectivity index (χ0n) is 12.8. The Bertz CT molecular complexity index is 381. The summed E-state index contributed by atoms with van der Waals surface area (Å²) in [4.78, 5) is 4.36. The summed E-state index contributed by atoms with van der Waals surface area (Å²) in [6, 6.07) is 0.734. The van der Waals surface area contributed by atoms with Crippen LogP contribution in [0, 0.1) is 5.41 Å². The molecule has 0 amide bonds. The fraction of sp³-hybridized carbons (Fsp3) is 0.812. The van der Waals surface area contributed by atoms with Crippen LogP contribution in [0.3, 0.4) is 0 Å². The van der Waals surface area contributed by atoms with E-state index in [0.29, 0.717) is 5.41 Å². The van der Waals surface area contributed by atoms with Crippen molar-refractivity contribution in [1.29, 1.82) is 0 Å². The largest absolute Gasteiger partial charge is 0.335 e. The van der Waals surface area contributed by atoms with E-state index in [1.54, 1.807) is 0 Å². The molecule has 0 saturated heterocycles. The van der Waals surface area contributed by atoms with Crippen LogP contribution >= 0.6 is 0 Å². The first-order chi connectivity index (χ1) is 9.11. The lowest BCUT2D eigenvalue weighted by molar-refractivity contribution is 0.198. The minimum Gasteiger partial charge on any atom is -0.335 e. The third kappa shape index (κ3) is 4.34. The van der Waals surface area contributed by atoms with E-state index in [4.69, 9.17) is 0 Å². The van der Waals surface area contributed by atoms with E-state index in [2.05, 4.69) is 41.8 Å². The molecule has 0 unspecified atom stereocenters. The monoisotopic (exact) mass is 263 g/mol. The van der Waals surface area contributed by atoms with Gasteiger partial charge in [0, 0.05) is 31.4 Å². The molecule has 1 aromatic rings. The fourth-order valence-electron chi connectivity index (χ4n) is 3.29. The summed E-state index contributed by atoms with van der Waals surface area (Å²) in [5.74, 6) is 1.21. The Labute approximate surface area is 117 Å². The van der Waals surface area contributed by atoms with Gasteiger partial charge < -0.3 is 9.88 Å². The Balaban J connectivity index is 1.67. The molecular formula is C16H29N3. The summed E-state index contributed by atoms with van der Waals surface area (Å²) < 4.78 is 2.28. The van der Waals surface area contributed by atoms with Crippen LogP contribution in [0.4, 0.5) is 0 Å². The van der Waals surface area contributed by atoms with Gasteiger partial charge in [0.2, 0.25) is 0 Å². The summed E-state index contributed by atoms with van der Waals surface area (Å²) in [5.41, 5.74) is 0.537. The number of aryl methyl sites for hydroxylation is 2. The number of hydrogen-bond donors (Lipinski definition) is 1. The number of aromatic nitrogens is 2. The summed E-state index contributed by atoms with van der Waals surface area (Å²) in [6.07, 6.45) is 11.7. The fourth-order valence-corrected chi connectivity index (χ4v) is 3.29. The van der Waals surface area contributed by atoms with Gasteiger partial charge in [-0.3, -0.25) is 0 Å². The molecule has 19 heavy (non-hydrogen) atoms. The third-order valence-corrected chi connectivity index (χ3v) is 4.33. The average Bonchev–Trinajstić information content (AvgIpc) is 2.81. The van der Waals surface area contributed by atoms with Crippen molar-refractivity contribution in [3.8, 4) is 0 Å². The molecule has 3 heteroatoms. The number of imidazole rings is 1. The molecule has 2 rings (SSSR count). The first kappa shape index (κ1) is 14.6. The second-order valence-corrected chi connectivity index (χ2v) is 6.66. The average molecular weight is 263 g/mol. The van der Waals surface area contributed by atoms with E-state index in [1.807, 2.05) is 6.20 Å². The van der Waals surface area contributed by atoms with Gasteiger partial charge in [-0.1, -0.05) is 27.2 Å². The summed E-state index contributed by atoms with van der Waals surface area (Å²) in [7, 11) is 0. The number of hydrogen-bond acceptors (Lipinski definition) is 2. The Morgan fingerprint density at radius 2 is 2.32 bits per heavy atom. The molecule has 1 atom stereocenters. The predicted molar refractivity (Wildman–Crippen MR) is 80.3 cm³/mol. The highest BCUT2D eigenvalue weighted by atomic mass is 15.1. The molecule has 1 aliphatic carbocycles. The maximum atomic E-state index is 4.36. The molecule has 0 radical (unpaired) electrons. The zero-order chi connectivity index (χ0) is 13.7. The standard InChI is InChI=1S/C16H29N3/c1-4-15-18-10-12-19(15)11-6-9-17-14-7-5-8-16(2,3)13-14/h10,12,14,17H,4-9,11,13H2,1-3H3/t14-/m0/s1. The van der Waals surface area contributed by atoms with Crippen LogP contribution < -0.4 is 5.32 Å². The minimum absolute atomic E-state index is 0.537. The van der Waals surface area contributed by atoms with Crippen molar-refractivity contribution in [2.45, 2.75) is 71.9 Å². The van der Waals surface area contributed by atoms with E-state index in [0.717, 1.165) is 25.6 Å². The molecule has 1 aromatic heterocycles. The van der Waals surface area contributed by atoms with Crippen LogP contribution in [0.15, 0.2) is 12.4 Å². The normalized spacial score (nSPS) is 22.6. The number of nitrogens with one attached hydrogen (secondary N) is 1. The lowest BCUT2D eigenvalue weighted by Crippen LogP contribution is -2.37. The number of rotatable bonds is 6. The first-order valence-corrected chi connectivity index (χ1v) is 7.84. The molecule has 108 valence electrons. The van der Waals surface area contributed by atoms with Crippen LogP contribution in [0.1, 0.15) is 58.7 Å². The van der Waals surface area contributed by atoms with E-state index in [9.17, 15) is 0 Å². The molecule has 3 nitrogen and oxygen atoms in total. The molecule has 0 spiro atoms. The summed E-state index contributed by atoms with van der Waals surface area (Å²) in [5, 5.41) is 3.74. The van der Waals surface area contributed by atoms with E-state index < -0.39 is 0 Å². The molecule has 0 aromatic carbocycles. The molecule has 1 fully saturated rings. The SMILES string of the molecule is CCc1nccn1CCCN[C@H]1CCCC(C)(C)C1. The second kappa shape index (κ2) is 6.56. The Hall–Kier alpha value is -0.830. The third-order valence-electron chi connectivity index (χ3n) is 4.33. The van der Waals surface area contributed by atoms with Crippen LogP contribution in [-0.2, 0) is 13.0 Å². The minimum atomic E-state index is 0.537. The van der Waals surface area contributed by atoms with Gasteiger partial charge in [-0.05, 0) is 37.6 Å². The first-order valence-electron chi connectivity index (χ1n) is 7.84. The van der Waals surface area contributed by atoms with Crippen LogP contribution in [0.5, 0.6) is 0 Å². The highest BCUT2D eigenvalue weighted by Gasteiger charge is 2.27.